The highest BCUT2D eigenvalue weighted by Gasteiger charge is 2.42. The summed E-state index contributed by atoms with van der Waals surface area (Å²) in [6.45, 7) is 9.01. The summed E-state index contributed by atoms with van der Waals surface area (Å²) in [5, 5.41) is 5.24. The van der Waals surface area contributed by atoms with Gasteiger partial charge in [-0.05, 0) is 29.5 Å². The second-order valence-corrected chi connectivity index (χ2v) is 10.1. The largest absolute Gasteiger partial charge is 0.368 e. The number of carbonyl (C=O) groups excluding carboxylic acids is 2. The second-order valence-electron chi connectivity index (χ2n) is 9.27. The van der Waals surface area contributed by atoms with E-state index in [4.69, 9.17) is 23.2 Å². The maximum atomic E-state index is 12.7. The van der Waals surface area contributed by atoms with Crippen LogP contribution >= 0.6 is 23.2 Å². The van der Waals surface area contributed by atoms with Gasteiger partial charge in [0.1, 0.15) is 0 Å². The van der Waals surface area contributed by atoms with Gasteiger partial charge in [-0.2, -0.15) is 9.78 Å². The predicted octanol–water partition coefficient (Wildman–Crippen LogP) is 2.89. The molecule has 3 saturated heterocycles. The fraction of sp³-hybridized carbons (Fsp3) is 0.522. The van der Waals surface area contributed by atoms with Crippen LogP contribution in [0.15, 0.2) is 30.6 Å². The number of aromatic nitrogens is 2. The monoisotopic (exact) mass is 490 g/mol. The first-order chi connectivity index (χ1) is 15.9. The van der Waals surface area contributed by atoms with Gasteiger partial charge in [-0.15, -0.1) is 0 Å². The Balaban J connectivity index is 1.21. The molecule has 0 aliphatic carbocycles. The Hall–Kier alpha value is -2.29. The van der Waals surface area contributed by atoms with E-state index in [-0.39, 0.29) is 11.9 Å². The smallest absolute Gasteiger partial charge is 0.344 e. The van der Waals surface area contributed by atoms with Crippen molar-refractivity contribution in [3.05, 3.63) is 46.2 Å². The number of anilines is 1. The van der Waals surface area contributed by atoms with Crippen LogP contribution in [0.2, 0.25) is 10.0 Å². The minimum absolute atomic E-state index is 0.104. The average molecular weight is 491 g/mol. The first-order valence-electron chi connectivity index (χ1n) is 11.4. The Labute approximate surface area is 203 Å². The van der Waals surface area contributed by atoms with Crippen molar-refractivity contribution >= 4 is 40.8 Å². The molecule has 3 aliphatic rings. The van der Waals surface area contributed by atoms with Gasteiger partial charge in [0.15, 0.2) is 0 Å². The van der Waals surface area contributed by atoms with Crippen LogP contribution in [0, 0.1) is 11.8 Å². The number of carbonyl (C=O) groups is 2. The number of benzene rings is 1. The van der Waals surface area contributed by atoms with E-state index in [1.165, 1.54) is 16.4 Å². The molecule has 0 N–H and O–H groups in total. The van der Waals surface area contributed by atoms with Crippen molar-refractivity contribution in [1.29, 1.82) is 0 Å². The SMILES string of the molecule is CC(=O)N1CCN(c2cc(Cl)ccc2CN2CC3CN(C(=O)n4cc(Cl)cn4)CC3C2)CC1. The van der Waals surface area contributed by atoms with E-state index >= 15 is 0 Å². The lowest BCUT2D eigenvalue weighted by molar-refractivity contribution is -0.129. The number of rotatable bonds is 3. The van der Waals surface area contributed by atoms with E-state index in [2.05, 4.69) is 21.0 Å². The van der Waals surface area contributed by atoms with Crippen LogP contribution in [0.3, 0.4) is 0 Å². The van der Waals surface area contributed by atoms with Crippen LogP contribution in [0.5, 0.6) is 0 Å². The number of likely N-dealkylation sites (tertiary alicyclic amines) is 2. The summed E-state index contributed by atoms with van der Waals surface area (Å²) in [7, 11) is 0. The van der Waals surface area contributed by atoms with Crippen LogP contribution in [-0.4, -0.2) is 88.8 Å². The molecule has 3 fully saturated rings. The van der Waals surface area contributed by atoms with E-state index in [0.29, 0.717) is 16.9 Å². The van der Waals surface area contributed by atoms with Gasteiger partial charge in [-0.25, -0.2) is 4.79 Å². The van der Waals surface area contributed by atoms with Gasteiger partial charge in [0.2, 0.25) is 5.91 Å². The molecule has 0 spiro atoms. The lowest BCUT2D eigenvalue weighted by Gasteiger charge is -2.37. The van der Waals surface area contributed by atoms with Crippen molar-refractivity contribution in [3.63, 3.8) is 0 Å². The summed E-state index contributed by atoms with van der Waals surface area (Å²) < 4.78 is 1.33. The number of halogens is 2. The quantitative estimate of drug-likeness (QED) is 0.661. The molecule has 1 aromatic carbocycles. The van der Waals surface area contributed by atoms with Gasteiger partial charge in [0.05, 0.1) is 17.4 Å². The molecule has 4 heterocycles. The van der Waals surface area contributed by atoms with Crippen molar-refractivity contribution in [2.75, 3.05) is 57.3 Å². The molecule has 2 atom stereocenters. The van der Waals surface area contributed by atoms with Crippen molar-refractivity contribution in [1.82, 2.24) is 24.5 Å². The van der Waals surface area contributed by atoms with E-state index in [0.717, 1.165) is 69.6 Å². The molecule has 10 heteroatoms. The highest BCUT2D eigenvalue weighted by atomic mass is 35.5. The molecule has 0 bridgehead atoms. The molecule has 2 unspecified atom stereocenters. The molecule has 8 nitrogen and oxygen atoms in total. The predicted molar refractivity (Wildman–Crippen MR) is 128 cm³/mol. The van der Waals surface area contributed by atoms with E-state index < -0.39 is 0 Å². The third kappa shape index (κ3) is 4.69. The van der Waals surface area contributed by atoms with Gasteiger partial charge in [-0.1, -0.05) is 29.3 Å². The van der Waals surface area contributed by atoms with E-state index in [1.54, 1.807) is 13.1 Å². The van der Waals surface area contributed by atoms with Crippen molar-refractivity contribution in [2.45, 2.75) is 13.5 Å². The number of hydrogen-bond donors (Lipinski definition) is 0. The Kier molecular flexibility index (Phi) is 6.24. The molecule has 0 radical (unpaired) electrons. The molecule has 176 valence electrons. The van der Waals surface area contributed by atoms with Crippen LogP contribution in [0.1, 0.15) is 12.5 Å². The normalized spacial score (nSPS) is 23.3. The van der Waals surface area contributed by atoms with E-state index in [9.17, 15) is 9.59 Å². The van der Waals surface area contributed by atoms with Gasteiger partial charge < -0.3 is 14.7 Å². The molecule has 33 heavy (non-hydrogen) atoms. The van der Waals surface area contributed by atoms with Crippen LogP contribution < -0.4 is 4.90 Å². The summed E-state index contributed by atoms with van der Waals surface area (Å²) in [5.74, 6) is 1.07. The third-order valence-corrected chi connectivity index (χ3v) is 7.52. The van der Waals surface area contributed by atoms with Crippen LogP contribution in [0.25, 0.3) is 0 Å². The Morgan fingerprint density at radius 3 is 2.27 bits per heavy atom. The second kappa shape index (κ2) is 9.16. The van der Waals surface area contributed by atoms with Crippen molar-refractivity contribution in [3.8, 4) is 0 Å². The fourth-order valence-electron chi connectivity index (χ4n) is 5.39. The summed E-state index contributed by atoms with van der Waals surface area (Å²) in [6.07, 6.45) is 3.05. The lowest BCUT2D eigenvalue weighted by atomic mass is 10.0. The van der Waals surface area contributed by atoms with Crippen LogP contribution in [0.4, 0.5) is 10.5 Å². The first kappa shape index (κ1) is 22.5. The number of amides is 2. The minimum Gasteiger partial charge on any atom is -0.368 e. The van der Waals surface area contributed by atoms with Gasteiger partial charge >= 0.3 is 6.03 Å². The summed E-state index contributed by atoms with van der Waals surface area (Å²) >= 11 is 12.3. The molecule has 0 saturated carbocycles. The molecule has 3 aliphatic heterocycles. The Morgan fingerprint density at radius 2 is 1.67 bits per heavy atom. The standard InChI is InChI=1S/C23H28Cl2N6O2/c1-16(32)28-4-6-29(7-5-28)22-8-20(24)3-2-17(22)10-27-11-18-13-30(14-19(18)12-27)23(33)31-15-21(25)9-26-31/h2-3,8-9,15,18-19H,4-7,10-14H2,1H3. The van der Waals surface area contributed by atoms with Crippen molar-refractivity contribution < 1.29 is 9.59 Å². The molecule has 2 amide bonds. The first-order valence-corrected chi connectivity index (χ1v) is 12.1. The minimum atomic E-state index is -0.104. The maximum absolute atomic E-state index is 12.7. The van der Waals surface area contributed by atoms with E-state index in [1.807, 2.05) is 21.9 Å². The highest BCUT2D eigenvalue weighted by Crippen LogP contribution is 2.34. The Bertz CT molecular complexity index is 1040. The van der Waals surface area contributed by atoms with Crippen molar-refractivity contribution in [2.24, 2.45) is 11.8 Å². The lowest BCUT2D eigenvalue weighted by Crippen LogP contribution is -2.48. The van der Waals surface area contributed by atoms with Gasteiger partial charge in [0, 0.05) is 76.5 Å². The topological polar surface area (TPSA) is 64.9 Å². The van der Waals surface area contributed by atoms with Gasteiger partial charge in [0.25, 0.3) is 0 Å². The molecular formula is C23H28Cl2N6O2. The summed E-state index contributed by atoms with van der Waals surface area (Å²) in [6, 6.07) is 6.03. The highest BCUT2D eigenvalue weighted by molar-refractivity contribution is 6.31. The molecule has 5 rings (SSSR count). The summed E-state index contributed by atoms with van der Waals surface area (Å²) in [4.78, 5) is 33.0. The third-order valence-electron chi connectivity index (χ3n) is 7.09. The van der Waals surface area contributed by atoms with Gasteiger partial charge in [-0.3, -0.25) is 9.69 Å². The fourth-order valence-corrected chi connectivity index (χ4v) is 5.70. The summed E-state index contributed by atoms with van der Waals surface area (Å²) in [5.41, 5.74) is 2.42. The molecular weight excluding hydrogens is 463 g/mol. The number of hydrogen-bond acceptors (Lipinski definition) is 5. The molecule has 1 aromatic heterocycles. The number of piperazine rings is 1. The zero-order valence-corrected chi connectivity index (χ0v) is 20.2. The molecule has 2 aromatic rings. The number of nitrogens with zero attached hydrogens (tertiary/aromatic N) is 6. The zero-order chi connectivity index (χ0) is 23.1. The maximum Gasteiger partial charge on any atom is 0.344 e. The Morgan fingerprint density at radius 1 is 0.970 bits per heavy atom. The average Bonchev–Trinajstić information content (AvgIpc) is 3.49. The number of fused-ring (bicyclic) bond motifs is 1. The zero-order valence-electron chi connectivity index (χ0n) is 18.7. The van der Waals surface area contributed by atoms with Crippen LogP contribution in [-0.2, 0) is 11.3 Å².